The molecule has 0 aliphatic heterocycles. The van der Waals surface area contributed by atoms with Gasteiger partial charge < -0.3 is 95.5 Å². The highest BCUT2D eigenvalue weighted by Crippen LogP contribution is 2.08. The second-order valence-electron chi connectivity index (χ2n) is 13.0. The zero-order chi connectivity index (χ0) is 46.5. The Morgan fingerprint density at radius 2 is 0.308 bits per heavy atom. The van der Waals surface area contributed by atoms with Crippen molar-refractivity contribution in [1.29, 1.82) is 0 Å². The SMILES string of the molecule is OCCOCCOCCOCCOCCOCCOCCOCCOCCOCCSCCCSCCOCCOCCOCCOCCOCCOCCOCCOCCOCCO. The molecule has 392 valence electrons. The molecule has 65 heavy (non-hydrogen) atoms. The second kappa shape index (κ2) is 63.9. The van der Waals surface area contributed by atoms with Crippen molar-refractivity contribution in [3.63, 3.8) is 0 Å². The molecule has 0 saturated carbocycles. The molecule has 20 nitrogen and oxygen atoms in total. The van der Waals surface area contributed by atoms with Crippen molar-refractivity contribution in [2.45, 2.75) is 6.42 Å². The van der Waals surface area contributed by atoms with Crippen molar-refractivity contribution in [3.8, 4) is 0 Å². The lowest BCUT2D eigenvalue weighted by Gasteiger charge is -2.09. The van der Waals surface area contributed by atoms with Crippen molar-refractivity contribution in [2.24, 2.45) is 0 Å². The van der Waals surface area contributed by atoms with Gasteiger partial charge in [-0.2, -0.15) is 23.5 Å². The lowest BCUT2D eigenvalue weighted by Crippen LogP contribution is -2.15. The largest absolute Gasteiger partial charge is 0.394 e. The zero-order valence-corrected chi connectivity index (χ0v) is 41.1. The van der Waals surface area contributed by atoms with E-state index in [4.69, 9.17) is 95.5 Å². The van der Waals surface area contributed by atoms with Gasteiger partial charge in [0.05, 0.1) is 251 Å². The van der Waals surface area contributed by atoms with Crippen LogP contribution < -0.4 is 0 Å². The lowest BCUT2D eigenvalue weighted by molar-refractivity contribution is -0.0253. The van der Waals surface area contributed by atoms with E-state index in [1.54, 1.807) is 0 Å². The Balaban J connectivity index is 3.06. The number of rotatable bonds is 62. The predicted molar refractivity (Wildman–Crippen MR) is 248 cm³/mol. The molecule has 2 N–H and O–H groups in total. The van der Waals surface area contributed by atoms with Crippen LogP contribution in [-0.2, 0) is 85.3 Å². The molecule has 0 radical (unpaired) electrons. The minimum Gasteiger partial charge on any atom is -0.394 e. The van der Waals surface area contributed by atoms with E-state index in [9.17, 15) is 0 Å². The maximum atomic E-state index is 8.60. The second-order valence-corrected chi connectivity index (χ2v) is 15.5. The number of ether oxygens (including phenoxy) is 18. The van der Waals surface area contributed by atoms with Crippen LogP contribution in [0.4, 0.5) is 0 Å². The number of thioether (sulfide) groups is 2. The van der Waals surface area contributed by atoms with E-state index < -0.39 is 0 Å². The van der Waals surface area contributed by atoms with Gasteiger partial charge in [0.15, 0.2) is 0 Å². The molecule has 0 aromatic carbocycles. The summed E-state index contributed by atoms with van der Waals surface area (Å²) < 4.78 is 98.1. The number of aliphatic hydroxyl groups is 2. The van der Waals surface area contributed by atoms with Gasteiger partial charge in [-0.3, -0.25) is 0 Å². The molecule has 0 amide bonds. The summed E-state index contributed by atoms with van der Waals surface area (Å²) >= 11 is 3.84. The fourth-order valence-corrected chi connectivity index (χ4v) is 6.31. The maximum Gasteiger partial charge on any atom is 0.0701 e. The van der Waals surface area contributed by atoms with Crippen LogP contribution in [0, 0.1) is 0 Å². The molecular weight excluding hydrogens is 901 g/mol. The van der Waals surface area contributed by atoms with E-state index in [1.165, 1.54) is 6.42 Å². The summed E-state index contributed by atoms with van der Waals surface area (Å²) in [5.41, 5.74) is 0. The first-order chi connectivity index (χ1) is 32.4. The van der Waals surface area contributed by atoms with Crippen molar-refractivity contribution >= 4 is 23.5 Å². The Bertz CT molecular complexity index is 761. The minimum atomic E-state index is 0.0230. The molecule has 0 heterocycles. The van der Waals surface area contributed by atoms with Crippen LogP contribution in [-0.4, -0.2) is 284 Å². The van der Waals surface area contributed by atoms with Crippen molar-refractivity contribution in [3.05, 3.63) is 0 Å². The average molecular weight is 989 g/mol. The molecule has 0 saturated heterocycles. The third kappa shape index (κ3) is 63.9. The van der Waals surface area contributed by atoms with Crippen LogP contribution in [0.3, 0.4) is 0 Å². The first-order valence-corrected chi connectivity index (χ1v) is 25.5. The van der Waals surface area contributed by atoms with E-state index in [-0.39, 0.29) is 13.2 Å². The van der Waals surface area contributed by atoms with Gasteiger partial charge in [0.2, 0.25) is 0 Å². The van der Waals surface area contributed by atoms with Crippen molar-refractivity contribution in [2.75, 3.05) is 274 Å². The van der Waals surface area contributed by atoms with Gasteiger partial charge in [-0.15, -0.1) is 0 Å². The molecule has 0 aliphatic carbocycles. The Morgan fingerprint density at radius 1 is 0.169 bits per heavy atom. The summed E-state index contributed by atoms with van der Waals surface area (Å²) in [6.45, 7) is 18.6. The molecule has 22 heteroatoms. The van der Waals surface area contributed by atoms with Crippen LogP contribution in [0.1, 0.15) is 6.42 Å². The van der Waals surface area contributed by atoms with E-state index in [2.05, 4.69) is 0 Å². The smallest absolute Gasteiger partial charge is 0.0701 e. The van der Waals surface area contributed by atoms with Crippen LogP contribution in [0.5, 0.6) is 0 Å². The summed E-state index contributed by atoms with van der Waals surface area (Å²) in [4.78, 5) is 0. The summed E-state index contributed by atoms with van der Waals surface area (Å²) in [6, 6.07) is 0. The molecule has 0 atom stereocenters. The first-order valence-electron chi connectivity index (χ1n) is 23.2. The topological polar surface area (TPSA) is 207 Å². The molecule has 0 unspecified atom stereocenters. The monoisotopic (exact) mass is 989 g/mol. The molecule has 0 aromatic heterocycles. The summed E-state index contributed by atoms with van der Waals surface area (Å²) in [5.74, 6) is 4.24. The Labute approximate surface area is 398 Å². The minimum absolute atomic E-state index is 0.0230. The average Bonchev–Trinajstić information content (AvgIpc) is 3.32. The number of aliphatic hydroxyl groups excluding tert-OH is 2. The molecule has 0 rings (SSSR count). The van der Waals surface area contributed by atoms with Crippen LogP contribution in [0.2, 0.25) is 0 Å². The highest BCUT2D eigenvalue weighted by molar-refractivity contribution is 8.00. The van der Waals surface area contributed by atoms with Gasteiger partial charge in [0.25, 0.3) is 0 Å². The third-order valence-electron chi connectivity index (χ3n) is 7.74. The number of hydrogen-bond acceptors (Lipinski definition) is 22. The number of hydrogen-bond donors (Lipinski definition) is 2. The standard InChI is InChI=1S/C43H88O20S2/c44-2-4-46-6-8-48-10-12-50-14-16-52-18-20-54-22-24-56-26-28-58-30-32-60-34-36-62-38-42-64-40-1-41-65-43-39-63-37-35-61-33-31-59-29-27-57-25-23-55-21-19-53-17-15-51-13-11-49-9-7-47-5-3-45/h44-45H,1-43H2. The highest BCUT2D eigenvalue weighted by atomic mass is 32.2. The quantitative estimate of drug-likeness (QED) is 0.0820. The van der Waals surface area contributed by atoms with Gasteiger partial charge in [-0.05, 0) is 17.9 Å². The highest BCUT2D eigenvalue weighted by Gasteiger charge is 1.99. The van der Waals surface area contributed by atoms with Crippen molar-refractivity contribution < 1.29 is 95.5 Å². The first kappa shape index (κ1) is 64.9. The Morgan fingerprint density at radius 3 is 0.462 bits per heavy atom. The normalized spacial score (nSPS) is 11.7. The molecule has 0 spiro atoms. The van der Waals surface area contributed by atoms with E-state index in [0.717, 1.165) is 36.2 Å². The van der Waals surface area contributed by atoms with Crippen molar-refractivity contribution in [1.82, 2.24) is 0 Å². The van der Waals surface area contributed by atoms with Crippen LogP contribution in [0.15, 0.2) is 0 Å². The van der Waals surface area contributed by atoms with Gasteiger partial charge in [0, 0.05) is 11.5 Å². The van der Waals surface area contributed by atoms with Gasteiger partial charge in [-0.1, -0.05) is 0 Å². The summed E-state index contributed by atoms with van der Waals surface area (Å²) in [6.07, 6.45) is 1.17. The lowest BCUT2D eigenvalue weighted by atomic mass is 10.6. The van der Waals surface area contributed by atoms with E-state index >= 15 is 0 Å². The maximum absolute atomic E-state index is 8.60. The molecule has 0 aromatic rings. The molecule has 0 aliphatic rings. The fourth-order valence-electron chi connectivity index (χ4n) is 4.55. The predicted octanol–water partition coefficient (Wildman–Crippen LogP) is 1.13. The van der Waals surface area contributed by atoms with Crippen LogP contribution >= 0.6 is 23.5 Å². The fraction of sp³-hybridized carbons (Fsp3) is 1.00. The molecule has 0 bridgehead atoms. The Hall–Kier alpha value is -0.100. The van der Waals surface area contributed by atoms with Gasteiger partial charge >= 0.3 is 0 Å². The zero-order valence-electron chi connectivity index (χ0n) is 39.5. The Kier molecular flexibility index (Phi) is 63.8. The van der Waals surface area contributed by atoms with Gasteiger partial charge in [0.1, 0.15) is 0 Å². The van der Waals surface area contributed by atoms with Gasteiger partial charge in [-0.25, -0.2) is 0 Å². The van der Waals surface area contributed by atoms with Crippen LogP contribution in [0.25, 0.3) is 0 Å². The van der Waals surface area contributed by atoms with E-state index in [0.29, 0.717) is 225 Å². The van der Waals surface area contributed by atoms with E-state index in [1.807, 2.05) is 23.5 Å². The molecular formula is C43H88O20S2. The summed E-state index contributed by atoms with van der Waals surface area (Å²) in [5, 5.41) is 17.2. The molecule has 0 fully saturated rings. The third-order valence-corrected chi connectivity index (χ3v) is 9.81. The summed E-state index contributed by atoms with van der Waals surface area (Å²) in [7, 11) is 0.